The molecule has 1 aromatic heterocycles. The number of primary sulfonamides is 1. The molecule has 9 nitrogen and oxygen atoms in total. The van der Waals surface area contributed by atoms with Crippen LogP contribution >= 0.6 is 0 Å². The van der Waals surface area contributed by atoms with E-state index in [9.17, 15) is 8.42 Å². The second-order valence-corrected chi connectivity index (χ2v) is 5.04. The van der Waals surface area contributed by atoms with Crippen molar-refractivity contribution in [1.82, 2.24) is 20.6 Å². The van der Waals surface area contributed by atoms with E-state index >= 15 is 0 Å². The second-order valence-electron chi connectivity index (χ2n) is 3.48. The van der Waals surface area contributed by atoms with E-state index in [0.29, 0.717) is 17.2 Å². The maximum absolute atomic E-state index is 11.2. The molecule has 10 heteroatoms. The maximum atomic E-state index is 11.2. The van der Waals surface area contributed by atoms with Gasteiger partial charge in [-0.15, -0.1) is 10.2 Å². The molecule has 0 radical (unpaired) electrons. The van der Waals surface area contributed by atoms with Crippen molar-refractivity contribution >= 4 is 21.4 Å². The van der Waals surface area contributed by atoms with Gasteiger partial charge in [-0.05, 0) is 18.2 Å². The second kappa shape index (κ2) is 4.58. The zero-order valence-electron chi connectivity index (χ0n) is 9.16. The number of anilines is 2. The number of nitrogens with one attached hydrogen (secondary N) is 2. The summed E-state index contributed by atoms with van der Waals surface area (Å²) in [5.74, 6) is 0.426. The van der Waals surface area contributed by atoms with Crippen molar-refractivity contribution in [3.8, 4) is 0 Å². The van der Waals surface area contributed by atoms with E-state index < -0.39 is 10.0 Å². The van der Waals surface area contributed by atoms with Gasteiger partial charge in [0.15, 0.2) is 5.82 Å². The number of hydrogen-bond acceptors (Lipinski definition) is 7. The van der Waals surface area contributed by atoms with E-state index in [1.807, 2.05) is 0 Å². The van der Waals surface area contributed by atoms with Crippen LogP contribution in [0.1, 0.15) is 5.82 Å². The Morgan fingerprint density at radius 1 is 1.39 bits per heavy atom. The lowest BCUT2D eigenvalue weighted by Crippen LogP contribution is -2.13. The first-order valence-corrected chi connectivity index (χ1v) is 6.40. The number of nitrogen functional groups attached to an aromatic ring is 1. The molecule has 2 aromatic rings. The third-order valence-electron chi connectivity index (χ3n) is 2.18. The summed E-state index contributed by atoms with van der Waals surface area (Å²) in [5.41, 5.74) is 6.54. The Hall–Kier alpha value is -2.20. The van der Waals surface area contributed by atoms with Crippen molar-refractivity contribution < 1.29 is 8.42 Å². The topological polar surface area (TPSA) is 153 Å². The molecule has 0 aliphatic carbocycles. The minimum atomic E-state index is -3.76. The summed E-state index contributed by atoms with van der Waals surface area (Å²) in [4.78, 5) is -0.0210. The molecule has 0 bridgehead atoms. The Bertz CT molecular complexity index is 637. The highest BCUT2D eigenvalue weighted by Gasteiger charge is 2.10. The van der Waals surface area contributed by atoms with Gasteiger partial charge in [0, 0.05) is 0 Å². The van der Waals surface area contributed by atoms with Crippen LogP contribution in [-0.4, -0.2) is 29.0 Å². The number of sulfonamides is 1. The Kier molecular flexibility index (Phi) is 3.12. The van der Waals surface area contributed by atoms with E-state index in [4.69, 9.17) is 10.9 Å². The molecule has 0 fully saturated rings. The molecular formula is C8H11N7O2S. The van der Waals surface area contributed by atoms with Gasteiger partial charge in [0.1, 0.15) is 0 Å². The molecule has 2 rings (SSSR count). The van der Waals surface area contributed by atoms with Crippen LogP contribution in [0.2, 0.25) is 0 Å². The van der Waals surface area contributed by atoms with Gasteiger partial charge >= 0.3 is 0 Å². The van der Waals surface area contributed by atoms with E-state index in [-0.39, 0.29) is 11.4 Å². The molecule has 1 aromatic carbocycles. The largest absolute Gasteiger partial charge is 0.397 e. The number of H-pyrrole nitrogens is 1. The summed E-state index contributed by atoms with van der Waals surface area (Å²) >= 11 is 0. The quantitative estimate of drug-likeness (QED) is 0.521. The third kappa shape index (κ3) is 2.73. The molecule has 1 heterocycles. The van der Waals surface area contributed by atoms with Gasteiger partial charge in [0.2, 0.25) is 10.0 Å². The lowest BCUT2D eigenvalue weighted by molar-refractivity contribution is 0.598. The fourth-order valence-electron chi connectivity index (χ4n) is 1.30. The van der Waals surface area contributed by atoms with Gasteiger partial charge in [0.25, 0.3) is 0 Å². The fourth-order valence-corrected chi connectivity index (χ4v) is 1.84. The van der Waals surface area contributed by atoms with Crippen LogP contribution in [0.25, 0.3) is 0 Å². The summed E-state index contributed by atoms with van der Waals surface area (Å²) in [5, 5.41) is 21.1. The summed E-state index contributed by atoms with van der Waals surface area (Å²) in [6.45, 7) is 0.259. The van der Waals surface area contributed by atoms with Crippen molar-refractivity contribution in [3.05, 3.63) is 24.0 Å². The predicted octanol–water partition coefficient (Wildman–Crippen LogP) is -0.959. The van der Waals surface area contributed by atoms with Gasteiger partial charge < -0.3 is 11.1 Å². The lowest BCUT2D eigenvalue weighted by Gasteiger charge is -2.08. The highest BCUT2D eigenvalue weighted by atomic mass is 32.2. The van der Waals surface area contributed by atoms with Crippen molar-refractivity contribution in [2.75, 3.05) is 11.1 Å². The first-order valence-electron chi connectivity index (χ1n) is 4.85. The molecule has 0 saturated heterocycles. The zero-order valence-corrected chi connectivity index (χ0v) is 9.98. The summed E-state index contributed by atoms with van der Waals surface area (Å²) in [6, 6.07) is 4.15. The number of aromatic nitrogens is 4. The van der Waals surface area contributed by atoms with Crippen LogP contribution in [0, 0.1) is 0 Å². The molecule has 96 valence electrons. The Balaban J connectivity index is 2.22. The van der Waals surface area contributed by atoms with Crippen molar-refractivity contribution in [1.29, 1.82) is 0 Å². The number of nitrogens with two attached hydrogens (primary N) is 2. The average Bonchev–Trinajstić information content (AvgIpc) is 2.79. The van der Waals surface area contributed by atoms with Crippen molar-refractivity contribution in [3.63, 3.8) is 0 Å². The first-order chi connectivity index (χ1) is 8.47. The Morgan fingerprint density at radius 3 is 2.78 bits per heavy atom. The SMILES string of the molecule is Nc1ccc(S(N)(=O)=O)cc1NCc1nn[nH]n1. The fraction of sp³-hybridized carbons (Fsp3) is 0.125. The number of aromatic amines is 1. The van der Waals surface area contributed by atoms with E-state index in [1.165, 1.54) is 18.2 Å². The van der Waals surface area contributed by atoms with Gasteiger partial charge in [-0.1, -0.05) is 5.21 Å². The van der Waals surface area contributed by atoms with Crippen LogP contribution < -0.4 is 16.2 Å². The highest BCUT2D eigenvalue weighted by molar-refractivity contribution is 7.89. The molecule has 0 unspecified atom stereocenters. The Morgan fingerprint density at radius 2 is 2.17 bits per heavy atom. The number of tetrazole rings is 1. The predicted molar refractivity (Wildman–Crippen MR) is 63.7 cm³/mol. The van der Waals surface area contributed by atoms with Gasteiger partial charge in [-0.2, -0.15) is 5.21 Å². The van der Waals surface area contributed by atoms with E-state index in [2.05, 4.69) is 25.9 Å². The molecule has 18 heavy (non-hydrogen) atoms. The van der Waals surface area contributed by atoms with Gasteiger partial charge in [-0.3, -0.25) is 0 Å². The normalized spacial score (nSPS) is 11.4. The molecule has 0 aliphatic heterocycles. The minimum absolute atomic E-state index is 0.0210. The first kappa shape index (κ1) is 12.3. The summed E-state index contributed by atoms with van der Waals surface area (Å²) in [7, 11) is -3.76. The van der Waals surface area contributed by atoms with Crippen LogP contribution in [0.4, 0.5) is 11.4 Å². The molecule has 0 spiro atoms. The molecule has 0 amide bonds. The molecule has 0 saturated carbocycles. The molecule has 0 atom stereocenters. The van der Waals surface area contributed by atoms with E-state index in [0.717, 1.165) is 0 Å². The van der Waals surface area contributed by atoms with Crippen LogP contribution in [0.3, 0.4) is 0 Å². The number of hydrogen-bond donors (Lipinski definition) is 4. The maximum Gasteiger partial charge on any atom is 0.238 e. The van der Waals surface area contributed by atoms with Gasteiger partial charge in [-0.25, -0.2) is 13.6 Å². The smallest absolute Gasteiger partial charge is 0.238 e. The van der Waals surface area contributed by atoms with Crippen LogP contribution in [-0.2, 0) is 16.6 Å². The lowest BCUT2D eigenvalue weighted by atomic mass is 10.2. The van der Waals surface area contributed by atoms with Gasteiger partial charge in [0.05, 0.1) is 22.8 Å². The number of benzene rings is 1. The number of rotatable bonds is 4. The standard InChI is InChI=1S/C8H11N7O2S/c9-6-2-1-5(18(10,16)17)3-7(6)11-4-8-12-14-15-13-8/h1-3,11H,4,9H2,(H2,10,16,17)(H,12,13,14,15). The average molecular weight is 269 g/mol. The summed E-state index contributed by atoms with van der Waals surface area (Å²) in [6.07, 6.45) is 0. The third-order valence-corrected chi connectivity index (χ3v) is 3.09. The monoisotopic (exact) mass is 269 g/mol. The molecule has 6 N–H and O–H groups in total. The minimum Gasteiger partial charge on any atom is -0.397 e. The highest BCUT2D eigenvalue weighted by Crippen LogP contribution is 2.22. The Labute approximate surface area is 103 Å². The molecular weight excluding hydrogens is 258 g/mol. The van der Waals surface area contributed by atoms with Crippen molar-refractivity contribution in [2.24, 2.45) is 5.14 Å². The zero-order chi connectivity index (χ0) is 13.2. The molecule has 0 aliphatic rings. The van der Waals surface area contributed by atoms with Crippen LogP contribution in [0.15, 0.2) is 23.1 Å². The van der Waals surface area contributed by atoms with Crippen LogP contribution in [0.5, 0.6) is 0 Å². The summed E-state index contributed by atoms with van der Waals surface area (Å²) < 4.78 is 22.4. The van der Waals surface area contributed by atoms with Crippen molar-refractivity contribution in [2.45, 2.75) is 11.4 Å². The van der Waals surface area contributed by atoms with E-state index in [1.54, 1.807) is 0 Å². The number of nitrogens with zero attached hydrogens (tertiary/aromatic N) is 3.